The number of aliphatic carboxylic acids is 1. The van der Waals surface area contributed by atoms with E-state index < -0.39 is 12.0 Å². The van der Waals surface area contributed by atoms with Crippen molar-refractivity contribution in [1.82, 2.24) is 9.99 Å². The Hall–Kier alpha value is -3.19. The fraction of sp³-hybridized carbons (Fsp3) is 0.238. The lowest BCUT2D eigenvalue weighted by Crippen LogP contribution is -2.27. The van der Waals surface area contributed by atoms with Crippen LogP contribution in [0.15, 0.2) is 52.2 Å². The summed E-state index contributed by atoms with van der Waals surface area (Å²) >= 11 is 6.51. The summed E-state index contributed by atoms with van der Waals surface area (Å²) in [5.74, 6) is -0.867. The Kier molecular flexibility index (Phi) is 5.07. The number of carboxylic acids is 1. The number of carboxylic acid groups (broad SMARTS) is 1. The Morgan fingerprint density at radius 3 is 2.83 bits per heavy atom. The minimum absolute atomic E-state index is 0.154. The molecule has 0 saturated heterocycles. The number of hydrogen-bond acceptors (Lipinski definition) is 5. The van der Waals surface area contributed by atoms with Crippen molar-refractivity contribution in [3.8, 4) is 0 Å². The van der Waals surface area contributed by atoms with Gasteiger partial charge in [-0.25, -0.2) is 9.99 Å². The van der Waals surface area contributed by atoms with Crippen LogP contribution in [0.25, 0.3) is 10.9 Å². The van der Waals surface area contributed by atoms with Gasteiger partial charge in [0.1, 0.15) is 16.6 Å². The largest absolute Gasteiger partial charge is 0.481 e. The summed E-state index contributed by atoms with van der Waals surface area (Å²) in [6.45, 7) is 1.96. The monoisotopic (exact) mass is 411 g/mol. The molecule has 148 valence electrons. The number of furan rings is 1. The van der Waals surface area contributed by atoms with E-state index in [1.165, 1.54) is 11.3 Å². The van der Waals surface area contributed by atoms with Gasteiger partial charge in [-0.3, -0.25) is 9.59 Å². The molecular formula is C21H18ClN3O4. The topological polar surface area (TPSA) is 96.0 Å². The molecule has 4 rings (SSSR count). The number of para-hydroxylation sites is 1. The molecule has 3 heterocycles. The molecule has 0 spiro atoms. The summed E-state index contributed by atoms with van der Waals surface area (Å²) in [4.78, 5) is 28.2. The van der Waals surface area contributed by atoms with E-state index >= 15 is 0 Å². The molecule has 29 heavy (non-hydrogen) atoms. The van der Waals surface area contributed by atoms with Crippen LogP contribution >= 0.6 is 11.6 Å². The van der Waals surface area contributed by atoms with Crippen LogP contribution in [0.2, 0.25) is 5.15 Å². The van der Waals surface area contributed by atoms with Gasteiger partial charge in [-0.2, -0.15) is 5.10 Å². The van der Waals surface area contributed by atoms with E-state index in [0.29, 0.717) is 28.6 Å². The van der Waals surface area contributed by atoms with Gasteiger partial charge in [-0.1, -0.05) is 29.8 Å². The van der Waals surface area contributed by atoms with Crippen molar-refractivity contribution >= 4 is 40.1 Å². The number of benzene rings is 1. The second-order valence-electron chi connectivity index (χ2n) is 6.89. The molecule has 1 aliphatic heterocycles. The number of aromatic nitrogens is 1. The number of carbonyl (C=O) groups excluding carboxylic acids is 1. The SMILES string of the molecule is Cc1cccc2cc(C3CC(c4ccco4)=NN3C(=O)CCC(=O)O)c(Cl)nc12. The molecular weight excluding hydrogens is 394 g/mol. The predicted molar refractivity (Wildman–Crippen MR) is 108 cm³/mol. The van der Waals surface area contributed by atoms with Crippen LogP contribution in [-0.4, -0.2) is 32.7 Å². The van der Waals surface area contributed by atoms with E-state index in [9.17, 15) is 9.59 Å². The van der Waals surface area contributed by atoms with E-state index in [-0.39, 0.29) is 18.7 Å². The van der Waals surface area contributed by atoms with E-state index in [0.717, 1.165) is 16.5 Å². The third kappa shape index (κ3) is 3.73. The highest BCUT2D eigenvalue weighted by molar-refractivity contribution is 6.30. The molecule has 1 atom stereocenters. The van der Waals surface area contributed by atoms with E-state index in [1.54, 1.807) is 12.1 Å². The Bertz CT molecular complexity index is 1120. The number of rotatable bonds is 5. The lowest BCUT2D eigenvalue weighted by molar-refractivity contribution is -0.141. The van der Waals surface area contributed by atoms with Gasteiger partial charge in [-0.15, -0.1) is 0 Å². The minimum atomic E-state index is -1.04. The summed E-state index contributed by atoms with van der Waals surface area (Å²) in [5.41, 5.74) is 3.07. The number of pyridine rings is 1. The number of hydrazone groups is 1. The van der Waals surface area contributed by atoms with Gasteiger partial charge in [0, 0.05) is 23.8 Å². The summed E-state index contributed by atoms with van der Waals surface area (Å²) in [7, 11) is 0. The van der Waals surface area contributed by atoms with Crippen molar-refractivity contribution in [3.63, 3.8) is 0 Å². The third-order valence-corrected chi connectivity index (χ3v) is 5.21. The maximum absolute atomic E-state index is 12.7. The number of amides is 1. The van der Waals surface area contributed by atoms with Gasteiger partial charge in [0.05, 0.1) is 24.2 Å². The van der Waals surface area contributed by atoms with Crippen LogP contribution in [-0.2, 0) is 9.59 Å². The zero-order chi connectivity index (χ0) is 20.5. The molecule has 1 aliphatic rings. The van der Waals surface area contributed by atoms with E-state index in [4.69, 9.17) is 21.1 Å². The molecule has 0 saturated carbocycles. The number of hydrogen-bond donors (Lipinski definition) is 1. The standard InChI is InChI=1S/C21H18ClN3O4/c1-12-4-2-5-13-10-14(21(22)23-20(12)13)16-11-15(17-6-3-9-29-17)24-25(16)18(26)7-8-19(27)28/h2-6,9-10,16H,7-8,11H2,1H3,(H,27,28). The van der Waals surface area contributed by atoms with Crippen molar-refractivity contribution in [2.45, 2.75) is 32.2 Å². The van der Waals surface area contributed by atoms with Gasteiger partial charge in [-0.05, 0) is 30.7 Å². The fourth-order valence-corrected chi connectivity index (χ4v) is 3.74. The second-order valence-corrected chi connectivity index (χ2v) is 7.25. The summed E-state index contributed by atoms with van der Waals surface area (Å²) in [6, 6.07) is 10.8. The molecule has 7 nitrogen and oxygen atoms in total. The fourth-order valence-electron chi connectivity index (χ4n) is 3.48. The van der Waals surface area contributed by atoms with Crippen LogP contribution < -0.4 is 0 Å². The Balaban J connectivity index is 1.74. The Morgan fingerprint density at radius 1 is 1.28 bits per heavy atom. The molecule has 1 unspecified atom stereocenters. The average molecular weight is 412 g/mol. The molecule has 0 aliphatic carbocycles. The molecule has 2 aromatic heterocycles. The summed E-state index contributed by atoms with van der Waals surface area (Å²) in [5, 5.41) is 15.9. The van der Waals surface area contributed by atoms with Crippen LogP contribution in [0.4, 0.5) is 0 Å². The molecule has 0 bridgehead atoms. The van der Waals surface area contributed by atoms with Crippen LogP contribution in [0.5, 0.6) is 0 Å². The summed E-state index contributed by atoms with van der Waals surface area (Å²) in [6.07, 6.45) is 1.51. The van der Waals surface area contributed by atoms with Crippen molar-refractivity contribution < 1.29 is 19.1 Å². The number of fused-ring (bicyclic) bond motifs is 1. The van der Waals surface area contributed by atoms with Gasteiger partial charge >= 0.3 is 5.97 Å². The zero-order valence-corrected chi connectivity index (χ0v) is 16.4. The normalized spacial score (nSPS) is 16.3. The number of halogens is 1. The average Bonchev–Trinajstić information content (AvgIpc) is 3.36. The first-order valence-electron chi connectivity index (χ1n) is 9.15. The van der Waals surface area contributed by atoms with Crippen molar-refractivity contribution in [2.75, 3.05) is 0 Å². The van der Waals surface area contributed by atoms with E-state index in [2.05, 4.69) is 10.1 Å². The molecule has 1 N–H and O–H groups in total. The molecule has 8 heteroatoms. The van der Waals surface area contributed by atoms with Gasteiger partial charge < -0.3 is 9.52 Å². The van der Waals surface area contributed by atoms with Crippen LogP contribution in [0, 0.1) is 6.92 Å². The first-order valence-corrected chi connectivity index (χ1v) is 9.53. The van der Waals surface area contributed by atoms with Crippen LogP contribution in [0.1, 0.15) is 42.2 Å². The maximum atomic E-state index is 12.7. The number of carbonyl (C=O) groups is 2. The van der Waals surface area contributed by atoms with Gasteiger partial charge in [0.25, 0.3) is 0 Å². The highest BCUT2D eigenvalue weighted by Crippen LogP contribution is 2.38. The van der Waals surface area contributed by atoms with Gasteiger partial charge in [0.15, 0.2) is 0 Å². The van der Waals surface area contributed by atoms with Crippen molar-refractivity contribution in [3.05, 3.63) is 64.7 Å². The Morgan fingerprint density at radius 2 is 2.10 bits per heavy atom. The smallest absolute Gasteiger partial charge is 0.303 e. The van der Waals surface area contributed by atoms with Crippen LogP contribution in [0.3, 0.4) is 0 Å². The summed E-state index contributed by atoms with van der Waals surface area (Å²) < 4.78 is 5.43. The molecule has 0 radical (unpaired) electrons. The van der Waals surface area contributed by atoms with Gasteiger partial charge in [0.2, 0.25) is 5.91 Å². The van der Waals surface area contributed by atoms with E-state index in [1.807, 2.05) is 31.2 Å². The molecule has 1 aromatic carbocycles. The number of nitrogens with zero attached hydrogens (tertiary/aromatic N) is 3. The first-order chi connectivity index (χ1) is 13.9. The first kappa shape index (κ1) is 19.1. The zero-order valence-electron chi connectivity index (χ0n) is 15.6. The second kappa shape index (κ2) is 7.67. The van der Waals surface area contributed by atoms with Crippen molar-refractivity contribution in [1.29, 1.82) is 0 Å². The highest BCUT2D eigenvalue weighted by Gasteiger charge is 2.35. The lowest BCUT2D eigenvalue weighted by atomic mass is 9.99. The predicted octanol–water partition coefficient (Wildman–Crippen LogP) is 4.33. The maximum Gasteiger partial charge on any atom is 0.303 e. The van der Waals surface area contributed by atoms with Crippen molar-refractivity contribution in [2.24, 2.45) is 5.10 Å². The lowest BCUT2D eigenvalue weighted by Gasteiger charge is -2.23. The third-order valence-electron chi connectivity index (χ3n) is 4.91. The highest BCUT2D eigenvalue weighted by atomic mass is 35.5. The Labute approximate surface area is 171 Å². The quantitative estimate of drug-likeness (QED) is 0.630. The molecule has 3 aromatic rings. The minimum Gasteiger partial charge on any atom is -0.481 e. The molecule has 0 fully saturated rings. The molecule has 1 amide bonds. The number of aryl methyl sites for hydroxylation is 1.